The Balaban J connectivity index is 1.80. The molecule has 2 N–H and O–H groups in total. The van der Waals surface area contributed by atoms with Gasteiger partial charge in [-0.05, 0) is 111 Å². The number of amidine groups is 1. The van der Waals surface area contributed by atoms with Crippen LogP contribution < -0.4 is 15.1 Å². The van der Waals surface area contributed by atoms with E-state index < -0.39 is 22.8 Å². The first-order valence-electron chi connectivity index (χ1n) is 11.7. The van der Waals surface area contributed by atoms with Crippen LogP contribution in [0.15, 0.2) is 65.7 Å². The van der Waals surface area contributed by atoms with E-state index in [2.05, 4.69) is 16.4 Å². The number of halogens is 3. The smallest absolute Gasteiger partial charge is 0.417 e. The maximum atomic E-state index is 13.5. The van der Waals surface area contributed by atoms with E-state index >= 15 is 0 Å². The van der Waals surface area contributed by atoms with Gasteiger partial charge in [-0.25, -0.2) is 4.99 Å². The zero-order chi connectivity index (χ0) is 29.4. The third-order valence-electron chi connectivity index (χ3n) is 6.30. The molecule has 0 bridgehead atoms. The molecule has 1 aliphatic heterocycles. The molecule has 0 aliphatic carbocycles. The van der Waals surface area contributed by atoms with E-state index in [1.807, 2.05) is 18.7 Å². The first-order valence-corrected chi connectivity index (χ1v) is 12.5. The number of aromatic hydroxyl groups is 1. The molecule has 0 unspecified atom stereocenters. The molecule has 4 rings (SSSR count). The van der Waals surface area contributed by atoms with E-state index in [1.54, 1.807) is 48.2 Å². The van der Waals surface area contributed by atoms with Crippen molar-refractivity contribution in [3.63, 3.8) is 0 Å². The van der Waals surface area contributed by atoms with Crippen LogP contribution in [0.5, 0.6) is 5.75 Å². The predicted octanol–water partition coefficient (Wildman–Crippen LogP) is 6.65. The molecule has 0 spiro atoms. The van der Waals surface area contributed by atoms with Crippen LogP contribution in [0, 0.1) is 29.6 Å². The van der Waals surface area contributed by atoms with Crippen molar-refractivity contribution in [2.45, 2.75) is 32.5 Å². The van der Waals surface area contributed by atoms with Crippen molar-refractivity contribution in [3.05, 3.63) is 82.9 Å². The molecule has 40 heavy (non-hydrogen) atoms. The minimum Gasteiger partial charge on any atom is -0.508 e. The maximum absolute atomic E-state index is 13.5. The van der Waals surface area contributed by atoms with Crippen LogP contribution in [0.25, 0.3) is 0 Å². The molecular weight excluding hydrogens is 557 g/mol. The Morgan fingerprint density at radius 2 is 1.57 bits per heavy atom. The molecule has 12 heteroatoms. The van der Waals surface area contributed by atoms with Gasteiger partial charge in [0.2, 0.25) is 0 Å². The van der Waals surface area contributed by atoms with Gasteiger partial charge < -0.3 is 15.3 Å². The number of phenols is 1. The summed E-state index contributed by atoms with van der Waals surface area (Å²) in [6, 6.07) is 18.5. The molecular formula is C28H21F3N6OS2. The summed E-state index contributed by atoms with van der Waals surface area (Å²) in [6.07, 6.45) is -4.73. The average molecular weight is 579 g/mol. The fraction of sp³-hybridized carbons (Fsp3) is 0.179. The Hall–Kier alpha value is -4.52. The number of alkyl halides is 3. The fourth-order valence-electron chi connectivity index (χ4n) is 4.37. The number of benzene rings is 3. The number of aliphatic imine (C=N–C) groups is 1. The number of rotatable bonds is 3. The SMILES string of the molecule is Cc1cc(N2C(=S)N(c3ccc(O)cc3)C(C)(C)/C2=N\C(=S)Nc2ccc(C#N)c(C(F)(F)F)c2)ccc1C#N. The van der Waals surface area contributed by atoms with Gasteiger partial charge in [0.25, 0.3) is 0 Å². The molecule has 3 aromatic rings. The Labute approximate surface area is 239 Å². The minimum atomic E-state index is -4.73. The highest BCUT2D eigenvalue weighted by Gasteiger charge is 2.48. The second kappa shape index (κ2) is 10.6. The molecule has 202 valence electrons. The zero-order valence-corrected chi connectivity index (χ0v) is 23.0. The molecule has 3 aromatic carbocycles. The van der Waals surface area contributed by atoms with Crippen molar-refractivity contribution in [1.82, 2.24) is 0 Å². The summed E-state index contributed by atoms with van der Waals surface area (Å²) in [6.45, 7) is 5.50. The zero-order valence-electron chi connectivity index (χ0n) is 21.4. The van der Waals surface area contributed by atoms with Crippen LogP contribution >= 0.6 is 24.4 Å². The summed E-state index contributed by atoms with van der Waals surface area (Å²) in [7, 11) is 0. The molecule has 1 aliphatic rings. The lowest BCUT2D eigenvalue weighted by Gasteiger charge is -2.31. The Morgan fingerprint density at radius 1 is 0.975 bits per heavy atom. The summed E-state index contributed by atoms with van der Waals surface area (Å²) < 4.78 is 40.4. The van der Waals surface area contributed by atoms with Gasteiger partial charge >= 0.3 is 6.18 Å². The number of phenolic OH excluding ortho intramolecular Hbond substituents is 1. The van der Waals surface area contributed by atoms with E-state index in [0.717, 1.165) is 12.1 Å². The van der Waals surface area contributed by atoms with E-state index in [4.69, 9.17) is 29.7 Å². The summed E-state index contributed by atoms with van der Waals surface area (Å²) in [5.74, 6) is 0.447. The van der Waals surface area contributed by atoms with Gasteiger partial charge in [-0.2, -0.15) is 23.7 Å². The largest absolute Gasteiger partial charge is 0.508 e. The number of hydrogen-bond donors (Lipinski definition) is 2. The van der Waals surface area contributed by atoms with E-state index in [-0.39, 0.29) is 16.5 Å². The number of thiocarbonyl (C=S) groups is 2. The molecule has 0 radical (unpaired) electrons. The van der Waals surface area contributed by atoms with Gasteiger partial charge in [-0.15, -0.1) is 0 Å². The minimum absolute atomic E-state index is 0.00946. The molecule has 0 amide bonds. The molecule has 0 aromatic heterocycles. The van der Waals surface area contributed by atoms with Crippen LogP contribution in [0.4, 0.5) is 30.2 Å². The van der Waals surface area contributed by atoms with Crippen LogP contribution in [0.1, 0.15) is 36.1 Å². The highest BCUT2D eigenvalue weighted by atomic mass is 32.1. The fourth-order valence-corrected chi connectivity index (χ4v) is 5.10. The van der Waals surface area contributed by atoms with E-state index in [1.165, 1.54) is 18.2 Å². The highest BCUT2D eigenvalue weighted by molar-refractivity contribution is 7.81. The van der Waals surface area contributed by atoms with Gasteiger partial charge in [-0.1, -0.05) is 0 Å². The third-order valence-corrected chi connectivity index (χ3v) is 6.86. The molecule has 1 heterocycles. The topological polar surface area (TPSA) is 98.7 Å². The van der Waals surface area contributed by atoms with E-state index in [9.17, 15) is 23.5 Å². The highest BCUT2D eigenvalue weighted by Crippen LogP contribution is 2.38. The van der Waals surface area contributed by atoms with Crippen molar-refractivity contribution in [1.29, 1.82) is 10.5 Å². The van der Waals surface area contributed by atoms with Gasteiger partial charge in [0.15, 0.2) is 10.2 Å². The standard InChI is InChI=1S/C28H21F3N6OS2/c1-16-12-21(7-5-17(16)14-32)36-24(27(2,3)37(26(36)40)20-8-10-22(38)11-9-20)35-25(39)34-19-6-4-18(15-33)23(13-19)28(29,30)31/h4-13,38H,1-3H3,(H,34,39)/b35-24+. The number of hydrogen-bond acceptors (Lipinski definition) is 5. The van der Waals surface area contributed by atoms with Crippen LogP contribution in [0.3, 0.4) is 0 Å². The van der Waals surface area contributed by atoms with Crippen molar-refractivity contribution in [2.75, 3.05) is 15.1 Å². The Bertz CT molecular complexity index is 1640. The number of nitriles is 2. The lowest BCUT2D eigenvalue weighted by Crippen LogP contribution is -2.45. The number of anilines is 3. The van der Waals surface area contributed by atoms with Gasteiger partial charge in [0.1, 0.15) is 17.1 Å². The number of nitrogens with zero attached hydrogens (tertiary/aromatic N) is 5. The van der Waals surface area contributed by atoms with Gasteiger partial charge in [-0.3, -0.25) is 4.90 Å². The lowest BCUT2D eigenvalue weighted by atomic mass is 10.0. The lowest BCUT2D eigenvalue weighted by molar-refractivity contribution is -0.137. The number of nitrogens with one attached hydrogen (secondary N) is 1. The maximum Gasteiger partial charge on any atom is 0.417 e. The van der Waals surface area contributed by atoms with Crippen LogP contribution in [-0.2, 0) is 6.18 Å². The average Bonchev–Trinajstić information content (AvgIpc) is 3.08. The summed E-state index contributed by atoms with van der Waals surface area (Å²) in [5.41, 5.74) is -0.0416. The van der Waals surface area contributed by atoms with Gasteiger partial charge in [0.05, 0.1) is 28.8 Å². The van der Waals surface area contributed by atoms with Crippen molar-refractivity contribution >= 4 is 57.6 Å². The summed E-state index contributed by atoms with van der Waals surface area (Å²) >= 11 is 11.3. The van der Waals surface area contributed by atoms with Crippen molar-refractivity contribution < 1.29 is 18.3 Å². The molecule has 0 saturated carbocycles. The summed E-state index contributed by atoms with van der Waals surface area (Å²) in [4.78, 5) is 8.11. The van der Waals surface area contributed by atoms with Gasteiger partial charge in [0, 0.05) is 17.1 Å². The summed E-state index contributed by atoms with van der Waals surface area (Å²) in [5, 5.41) is 31.2. The third kappa shape index (κ3) is 5.32. The van der Waals surface area contributed by atoms with Crippen molar-refractivity contribution in [3.8, 4) is 17.9 Å². The normalized spacial score (nSPS) is 15.6. The quantitative estimate of drug-likeness (QED) is 0.334. The van der Waals surface area contributed by atoms with E-state index in [0.29, 0.717) is 33.4 Å². The van der Waals surface area contributed by atoms with Crippen molar-refractivity contribution in [2.24, 2.45) is 4.99 Å². The first kappa shape index (κ1) is 28.5. The Morgan fingerprint density at radius 3 is 2.15 bits per heavy atom. The number of aryl methyl sites for hydroxylation is 1. The first-order chi connectivity index (χ1) is 18.8. The monoisotopic (exact) mass is 578 g/mol. The predicted molar refractivity (Wildman–Crippen MR) is 155 cm³/mol. The second-order valence-corrected chi connectivity index (χ2v) is 10.1. The van der Waals surface area contributed by atoms with Crippen LogP contribution in [0.2, 0.25) is 0 Å². The Kier molecular flexibility index (Phi) is 7.52. The molecule has 1 saturated heterocycles. The molecule has 7 nitrogen and oxygen atoms in total. The molecule has 0 atom stereocenters. The van der Waals surface area contributed by atoms with Crippen LogP contribution in [-0.4, -0.2) is 26.7 Å². The molecule has 1 fully saturated rings. The second-order valence-electron chi connectivity index (χ2n) is 9.38.